The molecule has 0 radical (unpaired) electrons. The molecule has 132 valence electrons. The standard InChI is InChI=1S/C19H28N2O3/c1-6-8-18(15(22)20-19(9-7-2)10-11-19)12-13-21(14-18)16(23)24-17(3,4)5/h1,7H,2,8-14H2,3-5H3,(H,20,22). The molecule has 2 aliphatic rings. The SMILES string of the molecule is C#CCC1(C(=O)NC2(CC=C)CC2)CCN(C(=O)OC(C)(C)C)C1. The summed E-state index contributed by atoms with van der Waals surface area (Å²) in [7, 11) is 0. The van der Waals surface area contributed by atoms with Crippen molar-refractivity contribution in [3.8, 4) is 12.3 Å². The van der Waals surface area contributed by atoms with Crippen LogP contribution in [0.4, 0.5) is 4.79 Å². The lowest BCUT2D eigenvalue weighted by Gasteiger charge is -2.29. The van der Waals surface area contributed by atoms with Gasteiger partial charge in [-0.1, -0.05) is 6.08 Å². The van der Waals surface area contributed by atoms with E-state index in [0.29, 0.717) is 25.9 Å². The highest BCUT2D eigenvalue weighted by Crippen LogP contribution is 2.42. The molecule has 1 saturated heterocycles. The van der Waals surface area contributed by atoms with Crippen LogP contribution in [-0.4, -0.2) is 41.1 Å². The van der Waals surface area contributed by atoms with Crippen LogP contribution in [0.3, 0.4) is 0 Å². The van der Waals surface area contributed by atoms with Crippen LogP contribution in [0.2, 0.25) is 0 Å². The Kier molecular flexibility index (Phi) is 4.98. The van der Waals surface area contributed by atoms with Crippen molar-refractivity contribution in [2.24, 2.45) is 5.41 Å². The molecule has 1 saturated carbocycles. The number of hydrogen-bond acceptors (Lipinski definition) is 3. The fourth-order valence-corrected chi connectivity index (χ4v) is 3.14. The predicted molar refractivity (Wildman–Crippen MR) is 93.2 cm³/mol. The van der Waals surface area contributed by atoms with Crippen molar-refractivity contribution in [1.29, 1.82) is 0 Å². The van der Waals surface area contributed by atoms with Gasteiger partial charge in [-0.15, -0.1) is 18.9 Å². The molecule has 0 aromatic heterocycles. The van der Waals surface area contributed by atoms with E-state index < -0.39 is 11.0 Å². The number of nitrogens with zero attached hydrogens (tertiary/aromatic N) is 1. The minimum absolute atomic E-state index is 0.0501. The van der Waals surface area contributed by atoms with Crippen LogP contribution in [-0.2, 0) is 9.53 Å². The Bertz CT molecular complexity index is 566. The number of carbonyl (C=O) groups excluding carboxylic acids is 2. The van der Waals surface area contributed by atoms with Crippen LogP contribution < -0.4 is 5.32 Å². The van der Waals surface area contributed by atoms with Gasteiger partial charge < -0.3 is 15.0 Å². The maximum absolute atomic E-state index is 12.9. The van der Waals surface area contributed by atoms with E-state index in [2.05, 4.69) is 17.8 Å². The quantitative estimate of drug-likeness (QED) is 0.622. The number of nitrogens with one attached hydrogen (secondary N) is 1. The van der Waals surface area contributed by atoms with E-state index in [1.165, 1.54) is 0 Å². The molecule has 1 atom stereocenters. The van der Waals surface area contributed by atoms with Crippen molar-refractivity contribution >= 4 is 12.0 Å². The lowest BCUT2D eigenvalue weighted by atomic mass is 9.82. The van der Waals surface area contributed by atoms with E-state index in [1.807, 2.05) is 26.8 Å². The Morgan fingerprint density at radius 3 is 2.54 bits per heavy atom. The van der Waals surface area contributed by atoms with Gasteiger partial charge in [0.1, 0.15) is 5.60 Å². The molecule has 1 heterocycles. The van der Waals surface area contributed by atoms with Crippen LogP contribution in [0, 0.1) is 17.8 Å². The van der Waals surface area contributed by atoms with E-state index >= 15 is 0 Å². The van der Waals surface area contributed by atoms with Gasteiger partial charge in [0.05, 0.1) is 5.41 Å². The van der Waals surface area contributed by atoms with Gasteiger partial charge in [-0.05, 0) is 46.5 Å². The summed E-state index contributed by atoms with van der Waals surface area (Å²) in [5.41, 5.74) is -1.43. The minimum Gasteiger partial charge on any atom is -0.444 e. The summed E-state index contributed by atoms with van der Waals surface area (Å²) < 4.78 is 5.42. The van der Waals surface area contributed by atoms with Gasteiger partial charge in [0, 0.05) is 25.0 Å². The molecule has 2 amide bonds. The third-order valence-corrected chi connectivity index (χ3v) is 4.69. The molecule has 1 aliphatic carbocycles. The Balaban J connectivity index is 2.07. The second kappa shape index (κ2) is 6.51. The first-order valence-corrected chi connectivity index (χ1v) is 8.50. The van der Waals surface area contributed by atoms with Gasteiger partial charge in [0.15, 0.2) is 0 Å². The summed E-state index contributed by atoms with van der Waals surface area (Å²) in [5, 5.41) is 3.16. The second-order valence-corrected chi connectivity index (χ2v) is 8.04. The number of ether oxygens (including phenoxy) is 1. The lowest BCUT2D eigenvalue weighted by Crippen LogP contribution is -2.48. The summed E-state index contributed by atoms with van der Waals surface area (Å²) in [6.45, 7) is 10.0. The first-order chi connectivity index (χ1) is 11.2. The molecular weight excluding hydrogens is 304 g/mol. The zero-order valence-electron chi connectivity index (χ0n) is 15.0. The molecular formula is C19H28N2O3. The maximum Gasteiger partial charge on any atom is 0.410 e. The van der Waals surface area contributed by atoms with Crippen LogP contribution in [0.15, 0.2) is 12.7 Å². The highest BCUT2D eigenvalue weighted by molar-refractivity contribution is 5.85. The summed E-state index contributed by atoms with van der Waals surface area (Å²) in [6.07, 6.45) is 10.5. The largest absolute Gasteiger partial charge is 0.444 e. The summed E-state index contributed by atoms with van der Waals surface area (Å²) in [6, 6.07) is 0. The van der Waals surface area contributed by atoms with E-state index in [9.17, 15) is 9.59 Å². The molecule has 2 rings (SSSR count). The molecule has 1 unspecified atom stereocenters. The fraction of sp³-hybridized carbons (Fsp3) is 0.684. The third kappa shape index (κ3) is 4.11. The van der Waals surface area contributed by atoms with Crippen molar-refractivity contribution in [2.75, 3.05) is 13.1 Å². The molecule has 2 fully saturated rings. The molecule has 0 spiro atoms. The van der Waals surface area contributed by atoms with E-state index in [-0.39, 0.29) is 17.5 Å². The molecule has 0 bridgehead atoms. The first-order valence-electron chi connectivity index (χ1n) is 8.50. The molecule has 0 aromatic carbocycles. The molecule has 5 nitrogen and oxygen atoms in total. The number of carbonyl (C=O) groups is 2. The van der Waals surface area contributed by atoms with Crippen molar-refractivity contribution in [3.63, 3.8) is 0 Å². The first kappa shape index (κ1) is 18.4. The monoisotopic (exact) mass is 332 g/mol. The summed E-state index contributed by atoms with van der Waals surface area (Å²) in [4.78, 5) is 26.8. The van der Waals surface area contributed by atoms with Gasteiger partial charge in [-0.3, -0.25) is 4.79 Å². The maximum atomic E-state index is 12.9. The molecule has 1 N–H and O–H groups in total. The zero-order valence-corrected chi connectivity index (χ0v) is 15.0. The molecule has 5 heteroatoms. The topological polar surface area (TPSA) is 58.6 Å². The minimum atomic E-state index is -0.720. The average Bonchev–Trinajstić information content (AvgIpc) is 3.06. The van der Waals surface area contributed by atoms with Gasteiger partial charge in [0.25, 0.3) is 0 Å². The molecule has 0 aromatic rings. The molecule has 1 aliphatic heterocycles. The second-order valence-electron chi connectivity index (χ2n) is 8.04. The predicted octanol–water partition coefficient (Wildman–Crippen LogP) is 2.86. The average molecular weight is 332 g/mol. The van der Waals surface area contributed by atoms with E-state index in [0.717, 1.165) is 19.3 Å². The normalized spacial score (nSPS) is 24.8. The molecule has 24 heavy (non-hydrogen) atoms. The highest BCUT2D eigenvalue weighted by atomic mass is 16.6. The van der Waals surface area contributed by atoms with Gasteiger partial charge in [-0.2, -0.15) is 0 Å². The van der Waals surface area contributed by atoms with Gasteiger partial charge >= 0.3 is 6.09 Å². The number of hydrogen-bond donors (Lipinski definition) is 1. The number of rotatable bonds is 5. The Morgan fingerprint density at radius 1 is 1.38 bits per heavy atom. The van der Waals surface area contributed by atoms with Gasteiger partial charge in [-0.25, -0.2) is 4.79 Å². The third-order valence-electron chi connectivity index (χ3n) is 4.69. The Morgan fingerprint density at radius 2 is 2.04 bits per heavy atom. The summed E-state index contributed by atoms with van der Waals surface area (Å²) >= 11 is 0. The van der Waals surface area contributed by atoms with Crippen LogP contribution in [0.25, 0.3) is 0 Å². The van der Waals surface area contributed by atoms with E-state index in [1.54, 1.807) is 4.90 Å². The van der Waals surface area contributed by atoms with E-state index in [4.69, 9.17) is 11.2 Å². The van der Waals surface area contributed by atoms with Crippen LogP contribution in [0.5, 0.6) is 0 Å². The van der Waals surface area contributed by atoms with Crippen LogP contribution >= 0.6 is 0 Å². The Hall–Kier alpha value is -1.96. The van der Waals surface area contributed by atoms with Crippen LogP contribution in [0.1, 0.15) is 52.9 Å². The van der Waals surface area contributed by atoms with Gasteiger partial charge in [0.2, 0.25) is 5.91 Å². The Labute approximate surface area is 144 Å². The van der Waals surface area contributed by atoms with Crippen molar-refractivity contribution in [2.45, 2.75) is 64.0 Å². The van der Waals surface area contributed by atoms with Crippen molar-refractivity contribution in [1.82, 2.24) is 10.2 Å². The van der Waals surface area contributed by atoms with Crippen molar-refractivity contribution < 1.29 is 14.3 Å². The van der Waals surface area contributed by atoms with Crippen molar-refractivity contribution in [3.05, 3.63) is 12.7 Å². The highest BCUT2D eigenvalue weighted by Gasteiger charge is 2.51. The smallest absolute Gasteiger partial charge is 0.410 e. The zero-order chi connectivity index (χ0) is 18.0. The lowest BCUT2D eigenvalue weighted by molar-refractivity contribution is -0.131. The number of terminal acetylenes is 1. The number of likely N-dealkylation sites (tertiary alicyclic amines) is 1. The number of amides is 2. The summed E-state index contributed by atoms with van der Waals surface area (Å²) in [5.74, 6) is 2.57. The fourth-order valence-electron chi connectivity index (χ4n) is 3.14.